The van der Waals surface area contributed by atoms with Gasteiger partial charge in [-0.25, -0.2) is 0 Å². The van der Waals surface area contributed by atoms with Gasteiger partial charge in [-0.05, 0) is 137 Å². The van der Waals surface area contributed by atoms with E-state index in [1.165, 1.54) is 50.1 Å². The Balaban J connectivity index is 1.21. The molecule has 0 saturated heterocycles. The zero-order chi connectivity index (χ0) is 43.3. The van der Waals surface area contributed by atoms with Crippen LogP contribution >= 0.6 is 0 Å². The Hall–Kier alpha value is -8.10. The predicted molar refractivity (Wildman–Crippen MR) is 262 cm³/mol. The summed E-state index contributed by atoms with van der Waals surface area (Å²) in [5.41, 5.74) is 19.1. The SMILES string of the molecule is C#CCC1(CC#C)c2ccccc2-c2ccc(-c3cc(-c4ccc5c(c4)C(CC#C)(CC#C)c4ccccc4-5)cc(-c4ccc5c(c4)C(CC#C)(CC#C)c4ccccc4-5)c3)cc21. The van der Waals surface area contributed by atoms with Crippen LogP contribution in [0.1, 0.15) is 71.9 Å². The van der Waals surface area contributed by atoms with Crippen molar-refractivity contribution in [2.24, 2.45) is 0 Å². The lowest BCUT2D eigenvalue weighted by atomic mass is 9.72. The largest absolute Gasteiger partial charge is 0.120 e. The van der Waals surface area contributed by atoms with Crippen LogP contribution in [0.25, 0.3) is 66.8 Å². The highest BCUT2D eigenvalue weighted by Crippen LogP contribution is 2.57. The monoisotopic (exact) mass is 798 g/mol. The van der Waals surface area contributed by atoms with Crippen molar-refractivity contribution in [1.29, 1.82) is 0 Å². The van der Waals surface area contributed by atoms with Crippen LogP contribution in [0.3, 0.4) is 0 Å². The first kappa shape index (κ1) is 39.1. The first-order valence-corrected chi connectivity index (χ1v) is 21.4. The molecule has 0 saturated carbocycles. The number of hydrogen-bond acceptors (Lipinski definition) is 0. The Labute approximate surface area is 372 Å². The van der Waals surface area contributed by atoms with E-state index in [2.05, 4.69) is 181 Å². The number of hydrogen-bond donors (Lipinski definition) is 0. The lowest BCUT2D eigenvalue weighted by Crippen LogP contribution is -2.24. The molecular formula is C63H42. The van der Waals surface area contributed by atoms with Gasteiger partial charge in [0.05, 0.1) is 0 Å². The number of terminal acetylenes is 6. The fourth-order valence-electron chi connectivity index (χ4n) is 11.4. The lowest BCUT2D eigenvalue weighted by Gasteiger charge is -2.29. The summed E-state index contributed by atoms with van der Waals surface area (Å²) in [4.78, 5) is 0. The minimum Gasteiger partial charge on any atom is -0.120 e. The molecule has 0 aromatic heterocycles. The lowest BCUT2D eigenvalue weighted by molar-refractivity contribution is 0.560. The second-order valence-electron chi connectivity index (χ2n) is 17.2. The molecule has 0 spiro atoms. The fraction of sp³-hybridized carbons (Fsp3) is 0.143. The van der Waals surface area contributed by atoms with Crippen molar-refractivity contribution in [2.75, 3.05) is 0 Å². The molecule has 0 N–H and O–H groups in total. The molecule has 294 valence electrons. The van der Waals surface area contributed by atoms with Crippen molar-refractivity contribution in [3.05, 3.63) is 179 Å². The van der Waals surface area contributed by atoms with Gasteiger partial charge in [-0.2, -0.15) is 0 Å². The molecule has 63 heavy (non-hydrogen) atoms. The number of fused-ring (bicyclic) bond motifs is 9. The average Bonchev–Trinajstić information content (AvgIpc) is 3.86. The highest BCUT2D eigenvalue weighted by atomic mass is 14.5. The first-order chi connectivity index (χ1) is 30.9. The molecule has 0 radical (unpaired) electrons. The van der Waals surface area contributed by atoms with Crippen LogP contribution in [0.15, 0.2) is 146 Å². The van der Waals surface area contributed by atoms with Crippen LogP contribution in [0.5, 0.6) is 0 Å². The summed E-state index contributed by atoms with van der Waals surface area (Å²) in [6.45, 7) is 0. The molecule has 0 heterocycles. The van der Waals surface area contributed by atoms with Crippen LogP contribution in [-0.4, -0.2) is 0 Å². The van der Waals surface area contributed by atoms with E-state index in [0.717, 1.165) is 50.1 Å². The maximum Gasteiger partial charge on any atom is 0.0433 e. The molecule has 7 aromatic carbocycles. The van der Waals surface area contributed by atoms with Crippen molar-refractivity contribution < 1.29 is 0 Å². The van der Waals surface area contributed by atoms with Gasteiger partial charge in [0.15, 0.2) is 0 Å². The summed E-state index contributed by atoms with van der Waals surface area (Å²) >= 11 is 0. The van der Waals surface area contributed by atoms with Crippen LogP contribution < -0.4 is 0 Å². The third-order valence-corrected chi connectivity index (χ3v) is 14.2. The van der Waals surface area contributed by atoms with Crippen LogP contribution in [-0.2, 0) is 16.2 Å². The molecule has 0 heteroatoms. The fourth-order valence-corrected chi connectivity index (χ4v) is 11.4. The Bertz CT molecular complexity index is 2900. The zero-order valence-corrected chi connectivity index (χ0v) is 35.1. The molecule has 3 aliphatic rings. The van der Waals surface area contributed by atoms with Crippen molar-refractivity contribution in [3.63, 3.8) is 0 Å². The van der Waals surface area contributed by atoms with E-state index < -0.39 is 16.2 Å². The maximum atomic E-state index is 6.14. The topological polar surface area (TPSA) is 0 Å². The Morgan fingerprint density at radius 2 is 0.492 bits per heavy atom. The molecule has 0 bridgehead atoms. The Morgan fingerprint density at radius 3 is 0.746 bits per heavy atom. The van der Waals surface area contributed by atoms with Crippen molar-refractivity contribution in [3.8, 4) is 141 Å². The first-order valence-electron chi connectivity index (χ1n) is 21.4. The maximum absolute atomic E-state index is 6.14. The van der Waals surface area contributed by atoms with Gasteiger partial charge in [-0.1, -0.05) is 109 Å². The highest BCUT2D eigenvalue weighted by Gasteiger charge is 2.45. The second kappa shape index (κ2) is 15.1. The number of benzene rings is 7. The summed E-state index contributed by atoms with van der Waals surface area (Å²) in [7, 11) is 0. The molecule has 0 fully saturated rings. The van der Waals surface area contributed by atoms with Crippen molar-refractivity contribution in [2.45, 2.75) is 54.8 Å². The quantitative estimate of drug-likeness (QED) is 0.128. The second-order valence-corrected chi connectivity index (χ2v) is 17.2. The van der Waals surface area contributed by atoms with Crippen molar-refractivity contribution >= 4 is 0 Å². The molecule has 0 amide bonds. The summed E-state index contributed by atoms with van der Waals surface area (Å²) in [6, 6.07) is 52.9. The summed E-state index contributed by atoms with van der Waals surface area (Å²) in [5.74, 6) is 18.0. The molecule has 0 unspecified atom stereocenters. The van der Waals surface area contributed by atoms with Crippen molar-refractivity contribution in [1.82, 2.24) is 0 Å². The molecule has 10 rings (SSSR count). The van der Waals surface area contributed by atoms with Gasteiger partial charge >= 0.3 is 0 Å². The predicted octanol–water partition coefficient (Wildman–Crippen LogP) is 13.6. The van der Waals surface area contributed by atoms with Gasteiger partial charge in [0.1, 0.15) is 0 Å². The van der Waals surface area contributed by atoms with Gasteiger partial charge in [0, 0.05) is 54.8 Å². The van der Waals surface area contributed by atoms with Gasteiger partial charge in [0.2, 0.25) is 0 Å². The van der Waals surface area contributed by atoms with Crippen LogP contribution in [0.4, 0.5) is 0 Å². The van der Waals surface area contributed by atoms with E-state index in [4.69, 9.17) is 38.5 Å². The third-order valence-electron chi connectivity index (χ3n) is 14.2. The minimum absolute atomic E-state index is 0.495. The van der Waals surface area contributed by atoms with Gasteiger partial charge in [-0.15, -0.1) is 74.1 Å². The summed E-state index contributed by atoms with van der Waals surface area (Å²) in [6.07, 6.45) is 39.8. The number of rotatable bonds is 9. The molecule has 0 atom stereocenters. The van der Waals surface area contributed by atoms with E-state index in [9.17, 15) is 0 Å². The smallest absolute Gasteiger partial charge is 0.0433 e. The Kier molecular flexibility index (Phi) is 9.37. The van der Waals surface area contributed by atoms with Crippen LogP contribution in [0, 0.1) is 74.1 Å². The molecule has 7 aromatic rings. The normalized spacial score (nSPS) is 14.4. The average molecular weight is 799 g/mol. The van der Waals surface area contributed by atoms with E-state index >= 15 is 0 Å². The molecule has 3 aliphatic carbocycles. The molecule has 0 nitrogen and oxygen atoms in total. The zero-order valence-electron chi connectivity index (χ0n) is 35.1. The van der Waals surface area contributed by atoms with Gasteiger partial charge in [0.25, 0.3) is 0 Å². The summed E-state index contributed by atoms with van der Waals surface area (Å²) in [5, 5.41) is 0. The van der Waals surface area contributed by atoms with E-state index in [1.54, 1.807) is 0 Å². The summed E-state index contributed by atoms with van der Waals surface area (Å²) < 4.78 is 0. The molecule has 0 aliphatic heterocycles. The van der Waals surface area contributed by atoms with Crippen LogP contribution in [0.2, 0.25) is 0 Å². The highest BCUT2D eigenvalue weighted by molar-refractivity contribution is 5.90. The van der Waals surface area contributed by atoms with Gasteiger partial charge < -0.3 is 0 Å². The van der Waals surface area contributed by atoms with E-state index in [1.807, 2.05) is 0 Å². The standard InChI is InChI=1S/C63H42/c1-7-31-61(32-8-2)55-22-16-13-19-49(55)52-28-25-43(40-58(52)61)46-37-47(44-26-29-53-50-20-14-17-23-56(50)62(33-9-3,34-10-4)59(53)41-44)39-48(38-46)45-27-30-54-51-21-15-18-24-57(51)63(35-11-5,36-12-6)60(54)42-45/h1-6,13-30,37-42H,31-36H2. The van der Waals surface area contributed by atoms with E-state index in [0.29, 0.717) is 38.5 Å². The van der Waals surface area contributed by atoms with Gasteiger partial charge in [-0.3, -0.25) is 0 Å². The van der Waals surface area contributed by atoms with E-state index in [-0.39, 0.29) is 0 Å². The molecular weight excluding hydrogens is 757 g/mol. The minimum atomic E-state index is -0.495. The Morgan fingerprint density at radius 1 is 0.254 bits per heavy atom. The third kappa shape index (κ3) is 5.68.